The topological polar surface area (TPSA) is 0 Å². The van der Waals surface area contributed by atoms with Crippen LogP contribution >= 0.6 is 0 Å². The Balaban J connectivity index is 5.00. The Kier molecular flexibility index (Phi) is 3.80. The minimum atomic E-state index is -4.30. The number of allylic oxidation sites excluding steroid dienone is 5. The highest BCUT2D eigenvalue weighted by Gasteiger charge is 2.32. The van der Waals surface area contributed by atoms with Crippen molar-refractivity contribution in [3.8, 4) is 0 Å². The summed E-state index contributed by atoms with van der Waals surface area (Å²) in [4.78, 5) is 0. The maximum Gasteiger partial charge on any atom is 0.416 e. The molecular formula is C9H11F3. The summed E-state index contributed by atoms with van der Waals surface area (Å²) in [5.41, 5.74) is -0.499. The molecule has 0 atom stereocenters. The SMILES string of the molecule is C=C/C(=C(C)/C=C\C)C(F)(F)F. The molecule has 0 spiro atoms. The van der Waals surface area contributed by atoms with Gasteiger partial charge in [0.1, 0.15) is 0 Å². The van der Waals surface area contributed by atoms with Crippen molar-refractivity contribution in [2.24, 2.45) is 0 Å². The Bertz CT molecular complexity index is 218. The average molecular weight is 176 g/mol. The van der Waals surface area contributed by atoms with E-state index in [4.69, 9.17) is 0 Å². The molecule has 0 aliphatic carbocycles. The first-order chi connectivity index (χ1) is 5.43. The molecule has 0 aromatic rings. The van der Waals surface area contributed by atoms with Crippen molar-refractivity contribution < 1.29 is 13.2 Å². The number of hydrogen-bond donors (Lipinski definition) is 0. The van der Waals surface area contributed by atoms with E-state index in [-0.39, 0.29) is 5.57 Å². The van der Waals surface area contributed by atoms with Crippen molar-refractivity contribution in [1.82, 2.24) is 0 Å². The zero-order chi connectivity index (χ0) is 9.78. The van der Waals surface area contributed by atoms with Gasteiger partial charge in [0.05, 0.1) is 5.57 Å². The van der Waals surface area contributed by atoms with Gasteiger partial charge in [-0.3, -0.25) is 0 Å². The van der Waals surface area contributed by atoms with E-state index in [9.17, 15) is 13.2 Å². The van der Waals surface area contributed by atoms with Gasteiger partial charge in [0.2, 0.25) is 0 Å². The molecule has 0 amide bonds. The van der Waals surface area contributed by atoms with Crippen molar-refractivity contribution in [3.05, 3.63) is 36.0 Å². The van der Waals surface area contributed by atoms with Crippen molar-refractivity contribution >= 4 is 0 Å². The van der Waals surface area contributed by atoms with Crippen LogP contribution < -0.4 is 0 Å². The lowest BCUT2D eigenvalue weighted by Gasteiger charge is -2.08. The second kappa shape index (κ2) is 4.14. The number of halogens is 3. The molecule has 68 valence electrons. The molecule has 0 bridgehead atoms. The van der Waals surface area contributed by atoms with Crippen LogP contribution in [0.2, 0.25) is 0 Å². The monoisotopic (exact) mass is 176 g/mol. The molecule has 3 heteroatoms. The number of hydrogen-bond acceptors (Lipinski definition) is 0. The fourth-order valence-corrected chi connectivity index (χ4v) is 0.840. The van der Waals surface area contributed by atoms with E-state index in [2.05, 4.69) is 6.58 Å². The zero-order valence-electron chi connectivity index (χ0n) is 7.07. The maximum absolute atomic E-state index is 12.1. The first kappa shape index (κ1) is 11.0. The standard InChI is InChI=1S/C9H11F3/c1-4-6-7(3)8(5-2)9(10,11)12/h4-6H,2H2,1,3H3/b6-4-,8-7-. The molecule has 0 saturated carbocycles. The molecule has 0 aromatic carbocycles. The fraction of sp³-hybridized carbons (Fsp3) is 0.333. The summed E-state index contributed by atoms with van der Waals surface area (Å²) in [6.07, 6.45) is -0.504. The summed E-state index contributed by atoms with van der Waals surface area (Å²) < 4.78 is 36.4. The van der Waals surface area contributed by atoms with Gasteiger partial charge in [-0.15, -0.1) is 0 Å². The van der Waals surface area contributed by atoms with Crippen molar-refractivity contribution in [1.29, 1.82) is 0 Å². The second-order valence-corrected chi connectivity index (χ2v) is 2.30. The highest BCUT2D eigenvalue weighted by Crippen LogP contribution is 2.29. The van der Waals surface area contributed by atoms with Crippen LogP contribution in [-0.2, 0) is 0 Å². The third kappa shape index (κ3) is 2.95. The third-order valence-corrected chi connectivity index (χ3v) is 1.35. The molecule has 0 aliphatic rings. The molecule has 0 aliphatic heterocycles. The third-order valence-electron chi connectivity index (χ3n) is 1.35. The summed E-state index contributed by atoms with van der Waals surface area (Å²) in [5.74, 6) is 0. The van der Waals surface area contributed by atoms with Gasteiger partial charge >= 0.3 is 6.18 Å². The van der Waals surface area contributed by atoms with E-state index < -0.39 is 11.7 Å². The minimum Gasteiger partial charge on any atom is -0.166 e. The van der Waals surface area contributed by atoms with Crippen LogP contribution in [0.25, 0.3) is 0 Å². The molecule has 0 nitrogen and oxygen atoms in total. The predicted molar refractivity (Wildman–Crippen MR) is 43.8 cm³/mol. The Morgan fingerprint density at radius 3 is 2.08 bits per heavy atom. The second-order valence-electron chi connectivity index (χ2n) is 2.30. The molecule has 0 radical (unpaired) electrons. The van der Waals surface area contributed by atoms with Gasteiger partial charge in [-0.25, -0.2) is 0 Å². The first-order valence-electron chi connectivity index (χ1n) is 3.46. The van der Waals surface area contributed by atoms with Gasteiger partial charge in [-0.2, -0.15) is 13.2 Å². The summed E-state index contributed by atoms with van der Waals surface area (Å²) >= 11 is 0. The van der Waals surface area contributed by atoms with E-state index in [0.717, 1.165) is 6.08 Å². The average Bonchev–Trinajstić information content (AvgIpc) is 1.85. The van der Waals surface area contributed by atoms with Gasteiger partial charge in [0, 0.05) is 0 Å². The van der Waals surface area contributed by atoms with Crippen LogP contribution in [0, 0.1) is 0 Å². The van der Waals surface area contributed by atoms with Crippen LogP contribution in [0.4, 0.5) is 13.2 Å². The molecule has 0 fully saturated rings. The predicted octanol–water partition coefficient (Wildman–Crippen LogP) is 3.63. The molecule has 0 saturated heterocycles. The minimum absolute atomic E-state index is 0.181. The first-order valence-corrected chi connectivity index (χ1v) is 3.46. The maximum atomic E-state index is 12.1. The largest absolute Gasteiger partial charge is 0.416 e. The van der Waals surface area contributed by atoms with Gasteiger partial charge in [-0.1, -0.05) is 24.8 Å². The van der Waals surface area contributed by atoms with E-state index in [1.165, 1.54) is 13.0 Å². The van der Waals surface area contributed by atoms with Crippen LogP contribution in [0.5, 0.6) is 0 Å². The fourth-order valence-electron chi connectivity index (χ4n) is 0.840. The molecule has 0 unspecified atom stereocenters. The zero-order valence-corrected chi connectivity index (χ0v) is 7.07. The van der Waals surface area contributed by atoms with Gasteiger partial charge in [0.25, 0.3) is 0 Å². The number of alkyl halides is 3. The van der Waals surface area contributed by atoms with Crippen molar-refractivity contribution in [3.63, 3.8) is 0 Å². The summed E-state index contributed by atoms with van der Waals surface area (Å²) in [6, 6.07) is 0. The normalized spacial score (nSPS) is 14.8. The van der Waals surface area contributed by atoms with Crippen LogP contribution in [0.15, 0.2) is 36.0 Å². The van der Waals surface area contributed by atoms with Gasteiger partial charge in [-0.05, 0) is 19.4 Å². The van der Waals surface area contributed by atoms with Crippen LogP contribution in [0.3, 0.4) is 0 Å². The van der Waals surface area contributed by atoms with E-state index in [1.807, 2.05) is 0 Å². The lowest BCUT2D eigenvalue weighted by molar-refractivity contribution is -0.0887. The quantitative estimate of drug-likeness (QED) is 0.563. The Hall–Kier alpha value is -0.990. The molecule has 0 N–H and O–H groups in total. The van der Waals surface area contributed by atoms with Crippen LogP contribution in [0.1, 0.15) is 13.8 Å². The van der Waals surface area contributed by atoms with E-state index in [0.29, 0.717) is 0 Å². The molecule has 0 aromatic heterocycles. The lowest BCUT2D eigenvalue weighted by Crippen LogP contribution is -2.11. The van der Waals surface area contributed by atoms with Crippen molar-refractivity contribution in [2.75, 3.05) is 0 Å². The number of rotatable bonds is 2. The Labute approximate surface area is 70.1 Å². The highest BCUT2D eigenvalue weighted by atomic mass is 19.4. The van der Waals surface area contributed by atoms with Gasteiger partial charge in [0.15, 0.2) is 0 Å². The Morgan fingerprint density at radius 2 is 1.83 bits per heavy atom. The summed E-state index contributed by atoms with van der Waals surface area (Å²) in [6.45, 7) is 6.19. The molecule has 0 rings (SSSR count). The molecule has 12 heavy (non-hydrogen) atoms. The van der Waals surface area contributed by atoms with Crippen LogP contribution in [-0.4, -0.2) is 6.18 Å². The van der Waals surface area contributed by atoms with E-state index in [1.54, 1.807) is 13.0 Å². The summed E-state index contributed by atoms with van der Waals surface area (Å²) in [5, 5.41) is 0. The Morgan fingerprint density at radius 1 is 1.33 bits per heavy atom. The van der Waals surface area contributed by atoms with E-state index >= 15 is 0 Å². The molecule has 0 heterocycles. The smallest absolute Gasteiger partial charge is 0.166 e. The highest BCUT2D eigenvalue weighted by molar-refractivity contribution is 5.33. The summed E-state index contributed by atoms with van der Waals surface area (Å²) in [7, 11) is 0. The molecular weight excluding hydrogens is 165 g/mol. The van der Waals surface area contributed by atoms with Crippen molar-refractivity contribution in [2.45, 2.75) is 20.0 Å². The lowest BCUT2D eigenvalue weighted by atomic mass is 10.1. The van der Waals surface area contributed by atoms with Gasteiger partial charge < -0.3 is 0 Å².